The van der Waals surface area contributed by atoms with Crippen LogP contribution >= 0.6 is 0 Å². The number of esters is 1. The van der Waals surface area contributed by atoms with Crippen LogP contribution in [-0.4, -0.2) is 25.2 Å². The molecule has 1 fully saturated rings. The molecule has 2 N–H and O–H groups in total. The molecule has 1 saturated heterocycles. The molecule has 21 heavy (non-hydrogen) atoms. The molecule has 1 aliphatic rings. The topological polar surface area (TPSA) is 55.6 Å². The summed E-state index contributed by atoms with van der Waals surface area (Å²) in [6, 6.07) is 5.93. The second-order valence-electron chi connectivity index (χ2n) is 6.21. The molecule has 3 atom stereocenters. The summed E-state index contributed by atoms with van der Waals surface area (Å²) in [5.74, 6) is 0.919. The summed E-state index contributed by atoms with van der Waals surface area (Å²) >= 11 is 0. The van der Waals surface area contributed by atoms with E-state index in [2.05, 4.69) is 25.7 Å². The highest BCUT2D eigenvalue weighted by molar-refractivity contribution is 5.97. The molecule has 0 saturated carbocycles. The molecule has 116 valence electrons. The van der Waals surface area contributed by atoms with E-state index in [0.29, 0.717) is 35.7 Å². The van der Waals surface area contributed by atoms with E-state index in [1.165, 1.54) is 6.42 Å². The van der Waals surface area contributed by atoms with Crippen molar-refractivity contribution in [1.82, 2.24) is 0 Å². The van der Waals surface area contributed by atoms with Gasteiger partial charge in [-0.3, -0.25) is 0 Å². The minimum Gasteiger partial charge on any atom is -0.462 e. The number of carbonyl (C=O) groups is 1. The average Bonchev–Trinajstić information content (AvgIpc) is 2.43. The van der Waals surface area contributed by atoms with Crippen molar-refractivity contribution in [2.75, 3.05) is 23.8 Å². The van der Waals surface area contributed by atoms with Crippen molar-refractivity contribution >= 4 is 17.3 Å². The van der Waals surface area contributed by atoms with E-state index in [1.54, 1.807) is 6.07 Å². The quantitative estimate of drug-likeness (QED) is 0.685. The van der Waals surface area contributed by atoms with Gasteiger partial charge in [-0.05, 0) is 50.3 Å². The van der Waals surface area contributed by atoms with Crippen LogP contribution in [0.2, 0.25) is 0 Å². The second-order valence-corrected chi connectivity index (χ2v) is 6.21. The minimum atomic E-state index is -0.294. The molecule has 4 heteroatoms. The fourth-order valence-electron chi connectivity index (χ4n) is 3.21. The molecule has 1 aliphatic heterocycles. The first-order valence-electron chi connectivity index (χ1n) is 7.77. The Morgan fingerprint density at radius 1 is 1.38 bits per heavy atom. The van der Waals surface area contributed by atoms with Crippen LogP contribution in [0.1, 0.15) is 44.5 Å². The van der Waals surface area contributed by atoms with Crippen molar-refractivity contribution < 1.29 is 9.53 Å². The highest BCUT2D eigenvalue weighted by Gasteiger charge is 2.31. The Morgan fingerprint density at radius 3 is 2.76 bits per heavy atom. The maximum atomic E-state index is 12.2. The number of nitrogen functional groups attached to an aromatic ring is 1. The van der Waals surface area contributed by atoms with Gasteiger partial charge in [-0.2, -0.15) is 0 Å². The predicted molar refractivity (Wildman–Crippen MR) is 86.6 cm³/mol. The molecule has 0 spiro atoms. The van der Waals surface area contributed by atoms with Gasteiger partial charge in [0.05, 0.1) is 17.9 Å². The fraction of sp³-hybridized carbons (Fsp3) is 0.588. The molecule has 2 rings (SSSR count). The van der Waals surface area contributed by atoms with Gasteiger partial charge in [-0.1, -0.05) is 13.8 Å². The Balaban J connectivity index is 2.40. The second kappa shape index (κ2) is 6.37. The van der Waals surface area contributed by atoms with E-state index in [-0.39, 0.29) is 5.97 Å². The van der Waals surface area contributed by atoms with Crippen LogP contribution in [0.4, 0.5) is 11.4 Å². The largest absolute Gasteiger partial charge is 0.462 e. The van der Waals surface area contributed by atoms with E-state index < -0.39 is 0 Å². The third-order valence-electron chi connectivity index (χ3n) is 4.42. The van der Waals surface area contributed by atoms with Gasteiger partial charge in [-0.15, -0.1) is 0 Å². The van der Waals surface area contributed by atoms with E-state index in [0.717, 1.165) is 12.2 Å². The zero-order valence-electron chi connectivity index (χ0n) is 13.4. The lowest BCUT2D eigenvalue weighted by Crippen LogP contribution is -2.46. The van der Waals surface area contributed by atoms with Gasteiger partial charge in [0, 0.05) is 18.3 Å². The molecular weight excluding hydrogens is 264 g/mol. The first-order valence-corrected chi connectivity index (χ1v) is 7.77. The lowest BCUT2D eigenvalue weighted by Gasteiger charge is -2.43. The number of hydrogen-bond acceptors (Lipinski definition) is 4. The molecule has 1 aromatic carbocycles. The van der Waals surface area contributed by atoms with Crippen LogP contribution in [0.3, 0.4) is 0 Å². The number of anilines is 2. The number of piperidine rings is 1. The van der Waals surface area contributed by atoms with Gasteiger partial charge in [0.25, 0.3) is 0 Å². The molecule has 1 heterocycles. The van der Waals surface area contributed by atoms with Gasteiger partial charge in [0.15, 0.2) is 0 Å². The van der Waals surface area contributed by atoms with Crippen molar-refractivity contribution in [2.24, 2.45) is 11.8 Å². The molecule has 0 radical (unpaired) electrons. The Hall–Kier alpha value is -1.71. The normalized spacial score (nSPS) is 25.7. The number of carbonyl (C=O) groups excluding carboxylic acids is 1. The molecule has 0 amide bonds. The van der Waals surface area contributed by atoms with Gasteiger partial charge in [0.1, 0.15) is 0 Å². The minimum absolute atomic E-state index is 0.294. The van der Waals surface area contributed by atoms with Crippen molar-refractivity contribution in [3.63, 3.8) is 0 Å². The number of benzene rings is 1. The third-order valence-corrected chi connectivity index (χ3v) is 4.42. The summed E-state index contributed by atoms with van der Waals surface area (Å²) in [4.78, 5) is 14.5. The number of ether oxygens (including phenoxy) is 1. The van der Waals surface area contributed by atoms with Crippen molar-refractivity contribution in [3.8, 4) is 0 Å². The molecular formula is C17H26N2O2. The summed E-state index contributed by atoms with van der Waals surface area (Å²) in [5.41, 5.74) is 7.96. The molecule has 4 nitrogen and oxygen atoms in total. The molecule has 0 aliphatic carbocycles. The average molecular weight is 290 g/mol. The Labute approximate surface area is 127 Å². The van der Waals surface area contributed by atoms with Gasteiger partial charge in [-0.25, -0.2) is 4.79 Å². The Bertz CT molecular complexity index is 516. The van der Waals surface area contributed by atoms with Crippen molar-refractivity contribution in [3.05, 3.63) is 23.8 Å². The van der Waals surface area contributed by atoms with Crippen molar-refractivity contribution in [1.29, 1.82) is 0 Å². The van der Waals surface area contributed by atoms with Gasteiger partial charge < -0.3 is 15.4 Å². The van der Waals surface area contributed by atoms with Crippen LogP contribution in [0.5, 0.6) is 0 Å². The lowest BCUT2D eigenvalue weighted by molar-refractivity contribution is 0.0526. The first-order chi connectivity index (χ1) is 9.93. The highest BCUT2D eigenvalue weighted by Crippen LogP contribution is 2.34. The van der Waals surface area contributed by atoms with Gasteiger partial charge in [0.2, 0.25) is 0 Å². The van der Waals surface area contributed by atoms with Crippen LogP contribution < -0.4 is 10.6 Å². The summed E-state index contributed by atoms with van der Waals surface area (Å²) in [6.07, 6.45) is 1.22. The van der Waals surface area contributed by atoms with E-state index in [9.17, 15) is 4.79 Å². The van der Waals surface area contributed by atoms with E-state index >= 15 is 0 Å². The third kappa shape index (κ3) is 3.31. The molecule has 3 unspecified atom stereocenters. The SMILES string of the molecule is CCOC(=O)c1cc(N)ccc1N1CC(C)CC(C)C1C. The number of nitrogens with zero attached hydrogens (tertiary/aromatic N) is 1. The number of rotatable bonds is 3. The van der Waals surface area contributed by atoms with Crippen LogP contribution in [-0.2, 0) is 4.74 Å². The maximum absolute atomic E-state index is 12.2. The predicted octanol–water partition coefficient (Wildman–Crippen LogP) is 3.32. The zero-order chi connectivity index (χ0) is 15.6. The first kappa shape index (κ1) is 15.7. The summed E-state index contributed by atoms with van der Waals surface area (Å²) in [6.45, 7) is 9.90. The smallest absolute Gasteiger partial charge is 0.340 e. The molecule has 1 aromatic rings. The molecule has 0 bridgehead atoms. The van der Waals surface area contributed by atoms with Crippen LogP contribution in [0.15, 0.2) is 18.2 Å². The van der Waals surface area contributed by atoms with E-state index in [4.69, 9.17) is 10.5 Å². The fourth-order valence-corrected chi connectivity index (χ4v) is 3.21. The Morgan fingerprint density at radius 2 is 2.10 bits per heavy atom. The lowest BCUT2D eigenvalue weighted by atomic mass is 9.85. The van der Waals surface area contributed by atoms with Gasteiger partial charge >= 0.3 is 5.97 Å². The summed E-state index contributed by atoms with van der Waals surface area (Å²) in [7, 11) is 0. The summed E-state index contributed by atoms with van der Waals surface area (Å²) in [5, 5.41) is 0. The molecule has 0 aromatic heterocycles. The Kier molecular flexibility index (Phi) is 4.76. The standard InChI is InChI=1S/C17H26N2O2/c1-5-21-17(20)15-9-14(18)6-7-16(15)19-10-11(2)8-12(3)13(19)4/h6-7,9,11-13H,5,8,10,18H2,1-4H3. The van der Waals surface area contributed by atoms with Crippen LogP contribution in [0, 0.1) is 11.8 Å². The zero-order valence-corrected chi connectivity index (χ0v) is 13.4. The number of nitrogens with two attached hydrogens (primary N) is 1. The van der Waals surface area contributed by atoms with E-state index in [1.807, 2.05) is 19.1 Å². The van der Waals surface area contributed by atoms with Crippen molar-refractivity contribution in [2.45, 2.75) is 40.2 Å². The highest BCUT2D eigenvalue weighted by atomic mass is 16.5. The van der Waals surface area contributed by atoms with Crippen LogP contribution in [0.25, 0.3) is 0 Å². The maximum Gasteiger partial charge on any atom is 0.340 e. The summed E-state index contributed by atoms with van der Waals surface area (Å²) < 4.78 is 5.18. The monoisotopic (exact) mass is 290 g/mol. The number of hydrogen-bond donors (Lipinski definition) is 1.